The highest BCUT2D eigenvalue weighted by Gasteiger charge is 2.40. The second-order valence-corrected chi connectivity index (χ2v) is 8.76. The highest BCUT2D eigenvalue weighted by molar-refractivity contribution is 6.05. The number of likely N-dealkylation sites (tertiary alicyclic amines) is 1. The third kappa shape index (κ3) is 3.75. The van der Waals surface area contributed by atoms with Gasteiger partial charge in [0.2, 0.25) is 11.8 Å². The number of hydrogen-bond acceptors (Lipinski definition) is 6. The average Bonchev–Trinajstić information content (AvgIpc) is 3.03. The summed E-state index contributed by atoms with van der Waals surface area (Å²) in [7, 11) is 0. The molecular formula is C22H28N4O4. The maximum Gasteiger partial charge on any atom is 0.255 e. The van der Waals surface area contributed by atoms with Gasteiger partial charge in [0.25, 0.3) is 5.91 Å². The summed E-state index contributed by atoms with van der Waals surface area (Å²) < 4.78 is 6.18. The molecule has 8 nitrogen and oxygen atoms in total. The number of rotatable bonds is 5. The minimum absolute atomic E-state index is 0.112. The van der Waals surface area contributed by atoms with Crippen LogP contribution in [0.3, 0.4) is 0 Å². The Labute approximate surface area is 175 Å². The van der Waals surface area contributed by atoms with Crippen molar-refractivity contribution in [2.75, 3.05) is 26.2 Å². The van der Waals surface area contributed by atoms with E-state index in [1.807, 2.05) is 12.1 Å². The van der Waals surface area contributed by atoms with E-state index in [-0.39, 0.29) is 30.2 Å². The molecule has 30 heavy (non-hydrogen) atoms. The molecular weight excluding hydrogens is 384 g/mol. The Morgan fingerprint density at radius 2 is 1.97 bits per heavy atom. The van der Waals surface area contributed by atoms with Crippen molar-refractivity contribution in [3.63, 3.8) is 0 Å². The van der Waals surface area contributed by atoms with E-state index in [9.17, 15) is 14.4 Å². The number of hydrogen-bond donors (Lipinski definition) is 2. The average molecular weight is 412 g/mol. The molecule has 2 N–H and O–H groups in total. The zero-order chi connectivity index (χ0) is 20.7. The molecule has 1 aromatic rings. The van der Waals surface area contributed by atoms with Crippen LogP contribution < -0.4 is 10.6 Å². The molecule has 8 heteroatoms. The Morgan fingerprint density at radius 3 is 2.73 bits per heavy atom. The highest BCUT2D eigenvalue weighted by atomic mass is 16.5. The molecule has 0 aliphatic carbocycles. The van der Waals surface area contributed by atoms with Crippen molar-refractivity contribution in [1.29, 1.82) is 0 Å². The minimum Gasteiger partial charge on any atom is -0.371 e. The fourth-order valence-electron chi connectivity index (χ4n) is 4.94. The van der Waals surface area contributed by atoms with E-state index in [1.54, 1.807) is 4.90 Å². The van der Waals surface area contributed by atoms with Crippen LogP contribution in [0.25, 0.3) is 0 Å². The number of nitrogens with one attached hydrogen (secondary N) is 2. The van der Waals surface area contributed by atoms with Crippen LogP contribution in [-0.2, 0) is 27.4 Å². The predicted molar refractivity (Wildman–Crippen MR) is 109 cm³/mol. The summed E-state index contributed by atoms with van der Waals surface area (Å²) in [6, 6.07) is 5.29. The van der Waals surface area contributed by atoms with E-state index in [0.29, 0.717) is 24.6 Å². The molecule has 4 heterocycles. The van der Waals surface area contributed by atoms with Crippen LogP contribution in [0.4, 0.5) is 0 Å². The zero-order valence-corrected chi connectivity index (χ0v) is 17.1. The van der Waals surface area contributed by atoms with E-state index < -0.39 is 6.04 Å². The van der Waals surface area contributed by atoms with Gasteiger partial charge in [0.15, 0.2) is 0 Å². The lowest BCUT2D eigenvalue weighted by Crippen LogP contribution is -2.52. The summed E-state index contributed by atoms with van der Waals surface area (Å²) in [6.45, 7) is 5.03. The lowest BCUT2D eigenvalue weighted by molar-refractivity contribution is -0.136. The molecule has 0 radical (unpaired) electrons. The first kappa shape index (κ1) is 19.7. The Kier molecular flexibility index (Phi) is 5.30. The number of fused-ring (bicyclic) bond motifs is 1. The molecule has 160 valence electrons. The topological polar surface area (TPSA) is 91.0 Å². The van der Waals surface area contributed by atoms with Gasteiger partial charge in [-0.3, -0.25) is 24.6 Å². The van der Waals surface area contributed by atoms with Gasteiger partial charge in [-0.1, -0.05) is 12.1 Å². The lowest BCUT2D eigenvalue weighted by atomic mass is 10.0. The normalized spacial score (nSPS) is 27.7. The van der Waals surface area contributed by atoms with E-state index in [0.717, 1.165) is 56.7 Å². The van der Waals surface area contributed by atoms with Crippen molar-refractivity contribution in [3.8, 4) is 0 Å². The summed E-state index contributed by atoms with van der Waals surface area (Å²) >= 11 is 0. The van der Waals surface area contributed by atoms with E-state index >= 15 is 0 Å². The van der Waals surface area contributed by atoms with Gasteiger partial charge in [-0.05, 0) is 43.0 Å². The summed E-state index contributed by atoms with van der Waals surface area (Å²) in [6.07, 6.45) is 3.48. The molecule has 0 aromatic heterocycles. The Morgan fingerprint density at radius 1 is 1.10 bits per heavy atom. The number of amides is 3. The third-order valence-corrected chi connectivity index (χ3v) is 6.66. The molecule has 4 aliphatic heterocycles. The minimum atomic E-state index is -0.570. The fourth-order valence-corrected chi connectivity index (χ4v) is 4.94. The van der Waals surface area contributed by atoms with Crippen LogP contribution in [0, 0.1) is 0 Å². The maximum absolute atomic E-state index is 13.0. The zero-order valence-electron chi connectivity index (χ0n) is 17.1. The molecule has 2 atom stereocenters. The van der Waals surface area contributed by atoms with Gasteiger partial charge in [0.05, 0.1) is 12.2 Å². The van der Waals surface area contributed by atoms with Crippen LogP contribution in [-0.4, -0.2) is 72.0 Å². The number of nitrogens with zero attached hydrogens (tertiary/aromatic N) is 2. The Bertz CT molecular complexity index is 869. The van der Waals surface area contributed by atoms with Crippen molar-refractivity contribution in [2.24, 2.45) is 0 Å². The van der Waals surface area contributed by atoms with Crippen molar-refractivity contribution in [3.05, 3.63) is 34.9 Å². The molecule has 3 amide bonds. The molecule has 0 saturated carbocycles. The van der Waals surface area contributed by atoms with Gasteiger partial charge >= 0.3 is 0 Å². The molecule has 3 fully saturated rings. The van der Waals surface area contributed by atoms with E-state index in [4.69, 9.17) is 4.74 Å². The summed E-state index contributed by atoms with van der Waals surface area (Å²) in [5.41, 5.74) is 2.84. The lowest BCUT2D eigenvalue weighted by Gasteiger charge is -2.37. The molecule has 0 spiro atoms. The molecule has 5 rings (SSSR count). The van der Waals surface area contributed by atoms with Crippen molar-refractivity contribution in [2.45, 2.75) is 57.0 Å². The Balaban J connectivity index is 1.28. The SMILES string of the molecule is O=C1CCC(N2Cc3c(CN4CCCC(OC5CNC5)C4)cccc3C2=O)C(=O)N1. The van der Waals surface area contributed by atoms with Crippen molar-refractivity contribution >= 4 is 17.7 Å². The molecule has 4 aliphatic rings. The largest absolute Gasteiger partial charge is 0.371 e. The van der Waals surface area contributed by atoms with Gasteiger partial charge in [-0.25, -0.2) is 0 Å². The quantitative estimate of drug-likeness (QED) is 0.681. The molecule has 2 unspecified atom stereocenters. The van der Waals surface area contributed by atoms with Gasteiger partial charge < -0.3 is 15.0 Å². The highest BCUT2D eigenvalue weighted by Crippen LogP contribution is 2.31. The summed E-state index contributed by atoms with van der Waals surface area (Å²) in [5.74, 6) is -0.741. The number of carbonyl (C=O) groups is 3. The number of benzene rings is 1. The van der Waals surface area contributed by atoms with Crippen LogP contribution in [0.5, 0.6) is 0 Å². The monoisotopic (exact) mass is 412 g/mol. The second-order valence-electron chi connectivity index (χ2n) is 8.76. The van der Waals surface area contributed by atoms with Gasteiger partial charge in [0, 0.05) is 44.7 Å². The van der Waals surface area contributed by atoms with E-state index in [2.05, 4.69) is 21.6 Å². The first-order valence-corrected chi connectivity index (χ1v) is 10.9. The maximum atomic E-state index is 13.0. The Hall–Kier alpha value is -2.29. The van der Waals surface area contributed by atoms with Gasteiger partial charge in [-0.2, -0.15) is 0 Å². The van der Waals surface area contributed by atoms with Crippen LogP contribution in [0.2, 0.25) is 0 Å². The predicted octanol–water partition coefficient (Wildman–Crippen LogP) is 0.400. The van der Waals surface area contributed by atoms with Crippen molar-refractivity contribution in [1.82, 2.24) is 20.4 Å². The molecule has 3 saturated heterocycles. The number of ether oxygens (including phenoxy) is 1. The van der Waals surface area contributed by atoms with Crippen LogP contribution >= 0.6 is 0 Å². The molecule has 1 aromatic carbocycles. The standard InChI is InChI=1S/C22H28N4O4/c27-20-7-6-19(21(28)24-20)26-13-18-14(3-1-5-17(18)22(26)29)11-25-8-2-4-15(12-25)30-16-9-23-10-16/h1,3,5,15-16,19,23H,2,4,6-13H2,(H,24,27,28). The first-order chi connectivity index (χ1) is 14.6. The number of imide groups is 1. The third-order valence-electron chi connectivity index (χ3n) is 6.66. The molecule has 0 bridgehead atoms. The summed E-state index contributed by atoms with van der Waals surface area (Å²) in [5, 5.41) is 5.61. The number of piperidine rings is 2. The van der Waals surface area contributed by atoms with Gasteiger partial charge in [-0.15, -0.1) is 0 Å². The first-order valence-electron chi connectivity index (χ1n) is 10.9. The van der Waals surface area contributed by atoms with E-state index in [1.165, 1.54) is 0 Å². The van der Waals surface area contributed by atoms with Crippen molar-refractivity contribution < 1.29 is 19.1 Å². The van der Waals surface area contributed by atoms with Gasteiger partial charge in [0.1, 0.15) is 6.04 Å². The number of carbonyl (C=O) groups excluding carboxylic acids is 3. The summed E-state index contributed by atoms with van der Waals surface area (Å²) in [4.78, 5) is 40.8. The van der Waals surface area contributed by atoms with Crippen LogP contribution in [0.15, 0.2) is 18.2 Å². The fraction of sp³-hybridized carbons (Fsp3) is 0.591. The van der Waals surface area contributed by atoms with Crippen LogP contribution in [0.1, 0.15) is 47.2 Å². The second kappa shape index (κ2) is 8.09. The smallest absolute Gasteiger partial charge is 0.255 e.